The molecule has 0 saturated carbocycles. The fourth-order valence-electron chi connectivity index (χ4n) is 3.58. The van der Waals surface area contributed by atoms with E-state index >= 15 is 0 Å². The van der Waals surface area contributed by atoms with Crippen LogP contribution in [-0.4, -0.2) is 42.6 Å². The maximum absolute atomic E-state index is 13.5. The van der Waals surface area contributed by atoms with Gasteiger partial charge in [-0.3, -0.25) is 14.4 Å². The molecule has 3 atom stereocenters. The third-order valence-electron chi connectivity index (χ3n) is 5.51. The number of benzene rings is 2. The second-order valence-electron chi connectivity index (χ2n) is 9.26. The van der Waals surface area contributed by atoms with Crippen LogP contribution in [0.15, 0.2) is 54.6 Å². The number of nitrogens with one attached hydrogen (secondary N) is 2. The van der Waals surface area contributed by atoms with Crippen LogP contribution in [0, 0.1) is 18.3 Å². The number of carbonyl (C=O) groups is 3. The van der Waals surface area contributed by atoms with Crippen LogP contribution in [0.2, 0.25) is 0 Å². The van der Waals surface area contributed by atoms with Crippen molar-refractivity contribution < 1.29 is 24.2 Å². The van der Waals surface area contributed by atoms with Crippen molar-refractivity contribution >= 4 is 17.8 Å². The van der Waals surface area contributed by atoms with Gasteiger partial charge in [0.1, 0.15) is 6.04 Å². The minimum Gasteiger partial charge on any atom is -0.481 e. The van der Waals surface area contributed by atoms with Crippen LogP contribution < -0.4 is 10.6 Å². The minimum absolute atomic E-state index is 0.156. The van der Waals surface area contributed by atoms with Gasteiger partial charge < -0.3 is 20.5 Å². The number of hydrogen-bond acceptors (Lipinski definition) is 4. The number of likely N-dealkylation sites (N-methyl/N-ethyl adjacent to an activating group) is 1. The van der Waals surface area contributed by atoms with Crippen molar-refractivity contribution in [2.45, 2.75) is 46.3 Å². The molecule has 7 heteroatoms. The monoisotopic (exact) mass is 454 g/mol. The second-order valence-corrected chi connectivity index (χ2v) is 9.26. The smallest absolute Gasteiger partial charge is 0.310 e. The van der Waals surface area contributed by atoms with Crippen LogP contribution in [0.1, 0.15) is 43.4 Å². The van der Waals surface area contributed by atoms with Crippen LogP contribution >= 0.6 is 0 Å². The highest BCUT2D eigenvalue weighted by Crippen LogP contribution is 2.29. The second kappa shape index (κ2) is 11.6. The first-order valence-corrected chi connectivity index (χ1v) is 11.0. The molecule has 0 unspecified atom stereocenters. The summed E-state index contributed by atoms with van der Waals surface area (Å²) >= 11 is 0. The maximum atomic E-state index is 13.5. The number of aliphatic carboxylic acids is 1. The minimum atomic E-state index is -1.14. The van der Waals surface area contributed by atoms with E-state index in [0.717, 1.165) is 11.1 Å². The number of aryl methyl sites for hydroxylation is 1. The average molecular weight is 455 g/mol. The lowest BCUT2D eigenvalue weighted by atomic mass is 9.82. The standard InChI is InChI=1S/C26H34N2O5/c1-17-11-13-19(14-12-17)21(23(29)28-22(24(30)27-5)26(2,3)4)20(25(31)32)16-33-15-18-9-7-6-8-10-18/h6-14,20-22H,15-16H2,1-5H3,(H,27,30)(H,28,29)(H,31,32)/t20-,21+,22+/m0/s1. The highest BCUT2D eigenvalue weighted by Gasteiger charge is 2.39. The summed E-state index contributed by atoms with van der Waals surface area (Å²) in [6.07, 6.45) is 0. The van der Waals surface area contributed by atoms with E-state index in [4.69, 9.17) is 4.74 Å². The number of hydrogen-bond donors (Lipinski definition) is 3. The van der Waals surface area contributed by atoms with Crippen LogP contribution in [0.3, 0.4) is 0 Å². The summed E-state index contributed by atoms with van der Waals surface area (Å²) in [5.74, 6) is -4.19. The average Bonchev–Trinajstić information content (AvgIpc) is 2.77. The molecule has 3 N–H and O–H groups in total. The molecule has 7 nitrogen and oxygen atoms in total. The Morgan fingerprint density at radius 2 is 1.58 bits per heavy atom. The van der Waals surface area contributed by atoms with Crippen molar-refractivity contribution in [2.75, 3.05) is 13.7 Å². The lowest BCUT2D eigenvalue weighted by Gasteiger charge is -2.32. The first-order valence-electron chi connectivity index (χ1n) is 11.0. The molecule has 0 saturated heterocycles. The van der Waals surface area contributed by atoms with E-state index < -0.39 is 35.2 Å². The van der Waals surface area contributed by atoms with Gasteiger partial charge >= 0.3 is 5.97 Å². The zero-order valence-electron chi connectivity index (χ0n) is 19.9. The summed E-state index contributed by atoms with van der Waals surface area (Å²) < 4.78 is 5.72. The van der Waals surface area contributed by atoms with Gasteiger partial charge in [0.15, 0.2) is 0 Å². The van der Waals surface area contributed by atoms with E-state index in [9.17, 15) is 19.5 Å². The highest BCUT2D eigenvalue weighted by molar-refractivity contribution is 5.93. The third-order valence-corrected chi connectivity index (χ3v) is 5.51. The number of carboxylic acids is 1. The highest BCUT2D eigenvalue weighted by atomic mass is 16.5. The molecule has 0 aliphatic rings. The van der Waals surface area contributed by atoms with Gasteiger partial charge in [-0.25, -0.2) is 0 Å². The number of carbonyl (C=O) groups excluding carboxylic acids is 2. The molecule has 0 aliphatic heterocycles. The number of amides is 2. The van der Waals surface area contributed by atoms with Crippen molar-refractivity contribution in [2.24, 2.45) is 11.3 Å². The van der Waals surface area contributed by atoms with Crippen molar-refractivity contribution in [3.63, 3.8) is 0 Å². The number of carboxylic acid groups (broad SMARTS) is 1. The Hall–Kier alpha value is -3.19. The fraction of sp³-hybridized carbons (Fsp3) is 0.423. The molecule has 0 heterocycles. The third kappa shape index (κ3) is 7.43. The van der Waals surface area contributed by atoms with Crippen LogP contribution in [0.4, 0.5) is 0 Å². The fourth-order valence-corrected chi connectivity index (χ4v) is 3.58. The van der Waals surface area contributed by atoms with Crippen molar-refractivity contribution in [3.8, 4) is 0 Å². The predicted molar refractivity (Wildman–Crippen MR) is 127 cm³/mol. The number of rotatable bonds is 10. The van der Waals surface area contributed by atoms with Gasteiger partial charge in [-0.05, 0) is 23.5 Å². The quantitative estimate of drug-likeness (QED) is 0.511. The Labute approximate surface area is 195 Å². The Kier molecular flexibility index (Phi) is 9.17. The summed E-state index contributed by atoms with van der Waals surface area (Å²) in [5, 5.41) is 15.4. The molecule has 2 amide bonds. The molecule has 33 heavy (non-hydrogen) atoms. The van der Waals surface area contributed by atoms with Gasteiger partial charge in [-0.1, -0.05) is 80.9 Å². The molecular formula is C26H34N2O5. The Morgan fingerprint density at radius 3 is 2.09 bits per heavy atom. The van der Waals surface area contributed by atoms with Gasteiger partial charge in [0.25, 0.3) is 0 Å². The summed E-state index contributed by atoms with van der Waals surface area (Å²) in [4.78, 5) is 38.2. The first-order chi connectivity index (χ1) is 15.5. The zero-order valence-corrected chi connectivity index (χ0v) is 19.9. The van der Waals surface area contributed by atoms with Crippen molar-refractivity contribution in [3.05, 3.63) is 71.3 Å². The molecule has 2 rings (SSSR count). The van der Waals surface area contributed by atoms with Crippen LogP contribution in [0.5, 0.6) is 0 Å². The van der Waals surface area contributed by atoms with Crippen molar-refractivity contribution in [1.29, 1.82) is 0 Å². The van der Waals surface area contributed by atoms with E-state index in [1.807, 2.05) is 70.2 Å². The van der Waals surface area contributed by atoms with Crippen molar-refractivity contribution in [1.82, 2.24) is 10.6 Å². The van der Waals surface area contributed by atoms with E-state index in [0.29, 0.717) is 5.56 Å². The normalized spacial score (nSPS) is 14.1. The lowest BCUT2D eigenvalue weighted by Crippen LogP contribution is -2.54. The molecular weight excluding hydrogens is 420 g/mol. The predicted octanol–water partition coefficient (Wildman–Crippen LogP) is 3.27. The Bertz CT molecular complexity index is 935. The Morgan fingerprint density at radius 1 is 0.970 bits per heavy atom. The van der Waals surface area contributed by atoms with Crippen LogP contribution in [0.25, 0.3) is 0 Å². The number of ether oxygens (including phenoxy) is 1. The lowest BCUT2D eigenvalue weighted by molar-refractivity contribution is -0.148. The van der Waals surface area contributed by atoms with E-state index in [2.05, 4.69) is 10.6 Å². The van der Waals surface area contributed by atoms with Gasteiger partial charge in [0.2, 0.25) is 11.8 Å². The largest absolute Gasteiger partial charge is 0.481 e. The molecule has 2 aromatic rings. The molecule has 2 aromatic carbocycles. The van der Waals surface area contributed by atoms with Gasteiger partial charge in [-0.15, -0.1) is 0 Å². The van der Waals surface area contributed by atoms with E-state index in [1.54, 1.807) is 12.1 Å². The molecule has 0 radical (unpaired) electrons. The van der Waals surface area contributed by atoms with Crippen LogP contribution in [-0.2, 0) is 25.7 Å². The summed E-state index contributed by atoms with van der Waals surface area (Å²) in [6.45, 7) is 7.51. The topological polar surface area (TPSA) is 105 Å². The van der Waals surface area contributed by atoms with Gasteiger partial charge in [0.05, 0.1) is 25.0 Å². The molecule has 0 spiro atoms. The molecule has 178 valence electrons. The zero-order chi connectivity index (χ0) is 24.6. The summed E-state index contributed by atoms with van der Waals surface area (Å²) in [6, 6.07) is 15.7. The molecule has 0 aliphatic carbocycles. The molecule has 0 fully saturated rings. The van der Waals surface area contributed by atoms with Gasteiger partial charge in [0, 0.05) is 7.05 Å². The summed E-state index contributed by atoms with van der Waals surface area (Å²) in [5.41, 5.74) is 1.88. The first kappa shape index (κ1) is 26.1. The van der Waals surface area contributed by atoms with E-state index in [1.165, 1.54) is 7.05 Å². The van der Waals surface area contributed by atoms with E-state index in [-0.39, 0.29) is 19.1 Å². The van der Waals surface area contributed by atoms with Gasteiger partial charge in [-0.2, -0.15) is 0 Å². The maximum Gasteiger partial charge on any atom is 0.310 e. The SMILES string of the molecule is CNC(=O)[C@@H](NC(=O)[C@H](c1ccc(C)cc1)[C@H](COCc1ccccc1)C(=O)O)C(C)(C)C. The molecule has 0 bridgehead atoms. The Balaban J connectivity index is 2.33. The summed E-state index contributed by atoms with van der Waals surface area (Å²) in [7, 11) is 1.50. The molecule has 0 aromatic heterocycles.